The lowest BCUT2D eigenvalue weighted by atomic mass is 10.0. The minimum atomic E-state index is -1.44. The van der Waals surface area contributed by atoms with Crippen molar-refractivity contribution in [2.75, 3.05) is 0 Å². The van der Waals surface area contributed by atoms with Crippen LogP contribution < -0.4 is 10.1 Å². The zero-order chi connectivity index (χ0) is 22.7. The Bertz CT molecular complexity index is 1250. The summed E-state index contributed by atoms with van der Waals surface area (Å²) < 4.78 is 6.48. The third kappa shape index (κ3) is 4.18. The lowest BCUT2D eigenvalue weighted by molar-refractivity contribution is -0.143. The Labute approximate surface area is 185 Å². The van der Waals surface area contributed by atoms with Crippen molar-refractivity contribution < 1.29 is 19.4 Å². The van der Waals surface area contributed by atoms with Gasteiger partial charge >= 0.3 is 5.97 Å². The van der Waals surface area contributed by atoms with Gasteiger partial charge in [-0.15, -0.1) is 0 Å². The van der Waals surface area contributed by atoms with E-state index in [9.17, 15) is 14.7 Å². The maximum Gasteiger partial charge on any atom is 0.328 e. The highest BCUT2D eigenvalue weighted by Gasteiger charge is 2.31. The number of nitrogens with one attached hydrogen (secondary N) is 2. The smallest absolute Gasteiger partial charge is 0.328 e. The number of ether oxygens (including phenoxy) is 1. The predicted octanol–water partition coefficient (Wildman–Crippen LogP) is 4.32. The number of benzene rings is 3. The van der Waals surface area contributed by atoms with Gasteiger partial charge in [0.05, 0.1) is 5.56 Å². The largest absolute Gasteiger partial charge is 0.480 e. The summed E-state index contributed by atoms with van der Waals surface area (Å²) in [6.45, 7) is 2.87. The Morgan fingerprint density at radius 3 is 2.44 bits per heavy atom. The van der Waals surface area contributed by atoms with Crippen molar-refractivity contribution >= 4 is 22.6 Å². The van der Waals surface area contributed by atoms with Crippen LogP contribution in [0.4, 0.5) is 0 Å². The van der Waals surface area contributed by atoms with Crippen molar-refractivity contribution in [2.45, 2.75) is 25.5 Å². The first kappa shape index (κ1) is 21.1. The molecule has 1 heterocycles. The van der Waals surface area contributed by atoms with Gasteiger partial charge in [-0.1, -0.05) is 60.7 Å². The van der Waals surface area contributed by atoms with Crippen LogP contribution in [-0.4, -0.2) is 32.5 Å². The molecule has 7 heteroatoms. The number of carbonyl (C=O) groups excluding carboxylic acids is 1. The number of rotatable bonds is 7. The Kier molecular flexibility index (Phi) is 5.64. The highest BCUT2D eigenvalue weighted by molar-refractivity contribution is 6.05. The topological polar surface area (TPSA) is 104 Å². The molecule has 0 saturated carbocycles. The molecule has 0 bridgehead atoms. The molecule has 0 saturated heterocycles. The summed E-state index contributed by atoms with van der Waals surface area (Å²) >= 11 is 0. The number of carbonyl (C=O) groups is 2. The van der Waals surface area contributed by atoms with Gasteiger partial charge in [-0.2, -0.15) is 0 Å². The number of hydrogen-bond acceptors (Lipinski definition) is 4. The van der Waals surface area contributed by atoms with Gasteiger partial charge in [-0.25, -0.2) is 9.78 Å². The number of imidazole rings is 1. The van der Waals surface area contributed by atoms with Gasteiger partial charge in [0.1, 0.15) is 11.3 Å². The minimum absolute atomic E-state index is 0.241. The number of aliphatic carboxylic acids is 1. The zero-order valence-electron chi connectivity index (χ0n) is 17.7. The van der Waals surface area contributed by atoms with Crippen LogP contribution in [0.3, 0.4) is 0 Å². The standard InChI is InChI=1S/C25H23N3O4/c1-25(2,24(30)31)28-23(29)19-13-12-16-8-6-7-11-18(16)21(19)32-20(22-26-14-15-27-22)17-9-4-3-5-10-17/h3-15,20H,1-2H3,(H,26,27)(H,28,29)(H,30,31). The molecule has 162 valence electrons. The molecular weight excluding hydrogens is 406 g/mol. The second-order valence-corrected chi connectivity index (χ2v) is 7.93. The number of H-pyrrole nitrogens is 1. The second kappa shape index (κ2) is 8.55. The van der Waals surface area contributed by atoms with Crippen molar-refractivity contribution in [3.8, 4) is 5.75 Å². The van der Waals surface area contributed by atoms with Crippen LogP contribution in [0.2, 0.25) is 0 Å². The molecule has 32 heavy (non-hydrogen) atoms. The number of amides is 1. The van der Waals surface area contributed by atoms with Crippen LogP contribution in [0.15, 0.2) is 79.1 Å². The second-order valence-electron chi connectivity index (χ2n) is 7.93. The molecule has 1 aromatic heterocycles. The van der Waals surface area contributed by atoms with Crippen molar-refractivity contribution in [1.82, 2.24) is 15.3 Å². The Balaban J connectivity index is 1.83. The first-order valence-corrected chi connectivity index (χ1v) is 10.2. The molecule has 0 aliphatic rings. The SMILES string of the molecule is CC(C)(NC(=O)c1ccc2ccccc2c1OC(c1ccccc1)c1ncc[nH]1)C(=O)O. The number of aromatic nitrogens is 2. The van der Waals surface area contributed by atoms with Gasteiger partial charge in [0.25, 0.3) is 5.91 Å². The average Bonchev–Trinajstić information content (AvgIpc) is 3.32. The van der Waals surface area contributed by atoms with Crippen molar-refractivity contribution in [1.29, 1.82) is 0 Å². The van der Waals surface area contributed by atoms with E-state index >= 15 is 0 Å². The fourth-order valence-electron chi connectivity index (χ4n) is 3.40. The summed E-state index contributed by atoms with van der Waals surface area (Å²) in [5.74, 6) is -0.732. The van der Waals surface area contributed by atoms with E-state index in [0.29, 0.717) is 11.6 Å². The van der Waals surface area contributed by atoms with Gasteiger partial charge in [0.2, 0.25) is 0 Å². The van der Waals surface area contributed by atoms with Crippen molar-refractivity contribution in [3.05, 3.63) is 96.1 Å². The van der Waals surface area contributed by atoms with Gasteiger partial charge < -0.3 is 20.1 Å². The first-order valence-electron chi connectivity index (χ1n) is 10.2. The van der Waals surface area contributed by atoms with E-state index in [1.165, 1.54) is 13.8 Å². The summed E-state index contributed by atoms with van der Waals surface area (Å²) in [5, 5.41) is 13.7. The summed E-state index contributed by atoms with van der Waals surface area (Å²) in [7, 11) is 0. The lowest BCUT2D eigenvalue weighted by Gasteiger charge is -2.24. The first-order chi connectivity index (χ1) is 15.4. The van der Waals surface area contributed by atoms with Gasteiger partial charge in [0, 0.05) is 23.3 Å². The third-order valence-electron chi connectivity index (χ3n) is 5.19. The Morgan fingerprint density at radius 2 is 1.75 bits per heavy atom. The molecule has 4 aromatic rings. The number of hydrogen-bond donors (Lipinski definition) is 3. The molecule has 0 fully saturated rings. The van der Waals surface area contributed by atoms with Crippen LogP contribution in [0.5, 0.6) is 5.75 Å². The number of fused-ring (bicyclic) bond motifs is 1. The lowest BCUT2D eigenvalue weighted by Crippen LogP contribution is -2.49. The van der Waals surface area contributed by atoms with E-state index in [4.69, 9.17) is 4.74 Å². The Morgan fingerprint density at radius 1 is 1.03 bits per heavy atom. The molecule has 1 atom stereocenters. The fourth-order valence-corrected chi connectivity index (χ4v) is 3.40. The van der Waals surface area contributed by atoms with Crippen LogP contribution in [0.25, 0.3) is 10.8 Å². The van der Waals surface area contributed by atoms with Crippen molar-refractivity contribution in [3.63, 3.8) is 0 Å². The van der Waals surface area contributed by atoms with E-state index in [1.807, 2.05) is 60.7 Å². The molecule has 3 N–H and O–H groups in total. The highest BCUT2D eigenvalue weighted by Crippen LogP contribution is 2.35. The predicted molar refractivity (Wildman–Crippen MR) is 121 cm³/mol. The van der Waals surface area contributed by atoms with E-state index < -0.39 is 23.5 Å². The van der Waals surface area contributed by atoms with Gasteiger partial charge in [-0.3, -0.25) is 4.79 Å². The maximum atomic E-state index is 13.2. The van der Waals surface area contributed by atoms with E-state index in [1.54, 1.807) is 18.5 Å². The molecule has 7 nitrogen and oxygen atoms in total. The minimum Gasteiger partial charge on any atom is -0.480 e. The number of aromatic amines is 1. The average molecular weight is 429 g/mol. The maximum absolute atomic E-state index is 13.2. The summed E-state index contributed by atoms with van der Waals surface area (Å²) in [4.78, 5) is 32.2. The van der Waals surface area contributed by atoms with Gasteiger partial charge in [-0.05, 0) is 25.3 Å². The van der Waals surface area contributed by atoms with Gasteiger partial charge in [0.15, 0.2) is 11.9 Å². The molecule has 0 aliphatic heterocycles. The van der Waals surface area contributed by atoms with E-state index in [2.05, 4.69) is 15.3 Å². The van der Waals surface area contributed by atoms with Crippen LogP contribution >= 0.6 is 0 Å². The highest BCUT2D eigenvalue weighted by atomic mass is 16.5. The summed E-state index contributed by atoms with van der Waals surface area (Å²) in [6.07, 6.45) is 2.75. The molecule has 0 aliphatic carbocycles. The molecule has 4 rings (SSSR count). The quantitative estimate of drug-likeness (QED) is 0.406. The number of carboxylic acids is 1. The van der Waals surface area contributed by atoms with Crippen LogP contribution in [-0.2, 0) is 4.79 Å². The summed E-state index contributed by atoms with van der Waals surface area (Å²) in [5.41, 5.74) is -0.349. The summed E-state index contributed by atoms with van der Waals surface area (Å²) in [6, 6.07) is 20.6. The van der Waals surface area contributed by atoms with Crippen molar-refractivity contribution in [2.24, 2.45) is 0 Å². The monoisotopic (exact) mass is 429 g/mol. The molecular formula is C25H23N3O4. The van der Waals surface area contributed by atoms with Crippen LogP contribution in [0, 0.1) is 0 Å². The zero-order valence-corrected chi connectivity index (χ0v) is 17.7. The van der Waals surface area contributed by atoms with Crippen LogP contribution in [0.1, 0.15) is 41.7 Å². The molecule has 0 radical (unpaired) electrons. The molecule has 3 aromatic carbocycles. The fraction of sp³-hybridized carbons (Fsp3) is 0.160. The number of nitrogens with zero attached hydrogens (tertiary/aromatic N) is 1. The molecule has 0 spiro atoms. The Hall–Kier alpha value is -4.13. The molecule has 1 unspecified atom stereocenters. The van der Waals surface area contributed by atoms with E-state index in [-0.39, 0.29) is 5.56 Å². The molecule has 1 amide bonds. The van der Waals surface area contributed by atoms with E-state index in [0.717, 1.165) is 16.3 Å². The number of carboxylic acid groups (broad SMARTS) is 1. The normalized spacial score (nSPS) is 12.3. The third-order valence-corrected chi connectivity index (χ3v) is 5.19.